The minimum Gasteiger partial charge on any atom is -0.296 e. The van der Waals surface area contributed by atoms with E-state index in [0.717, 1.165) is 24.5 Å². The van der Waals surface area contributed by atoms with Gasteiger partial charge in [-0.25, -0.2) is 4.68 Å². The summed E-state index contributed by atoms with van der Waals surface area (Å²) >= 11 is 1.20. The van der Waals surface area contributed by atoms with Crippen LogP contribution in [0.5, 0.6) is 0 Å². The van der Waals surface area contributed by atoms with E-state index in [2.05, 4.69) is 22.4 Å². The summed E-state index contributed by atoms with van der Waals surface area (Å²) in [4.78, 5) is 11.6. The quantitative estimate of drug-likeness (QED) is 0.786. The van der Waals surface area contributed by atoms with Gasteiger partial charge in [0.2, 0.25) is 0 Å². The Morgan fingerprint density at radius 2 is 2.31 bits per heavy atom. The Hall–Kier alpha value is -1.50. The molecule has 0 saturated heterocycles. The summed E-state index contributed by atoms with van der Waals surface area (Å²) in [6.45, 7) is 5.20. The van der Waals surface area contributed by atoms with Gasteiger partial charge in [0.05, 0.1) is 6.54 Å². The minimum atomic E-state index is 0.0311. The number of aromatic nitrogens is 5. The zero-order chi connectivity index (χ0) is 11.5. The Kier molecular flexibility index (Phi) is 3.14. The topological polar surface area (TPSA) is 65.6 Å². The van der Waals surface area contributed by atoms with Crippen molar-refractivity contribution in [3.8, 4) is 0 Å². The van der Waals surface area contributed by atoms with Gasteiger partial charge in [-0.3, -0.25) is 9.36 Å². The van der Waals surface area contributed by atoms with Crippen LogP contribution in [0.1, 0.15) is 24.9 Å². The van der Waals surface area contributed by atoms with E-state index in [4.69, 9.17) is 0 Å². The fourth-order valence-electron chi connectivity index (χ4n) is 1.46. The summed E-state index contributed by atoms with van der Waals surface area (Å²) in [6.07, 6.45) is 0.968. The Labute approximate surface area is 96.5 Å². The number of hydrogen-bond donors (Lipinski definition) is 0. The lowest BCUT2D eigenvalue weighted by Crippen LogP contribution is -2.18. The first kappa shape index (κ1) is 11.0. The lowest BCUT2D eigenvalue weighted by molar-refractivity contribution is 0.540. The molecule has 0 aliphatic rings. The van der Waals surface area contributed by atoms with Gasteiger partial charge >= 0.3 is 4.87 Å². The van der Waals surface area contributed by atoms with Gasteiger partial charge in [0, 0.05) is 17.6 Å². The third-order valence-electron chi connectivity index (χ3n) is 2.32. The van der Waals surface area contributed by atoms with Gasteiger partial charge in [-0.1, -0.05) is 18.3 Å². The molecule has 0 unspecified atom stereocenters. The monoisotopic (exact) mass is 239 g/mol. The van der Waals surface area contributed by atoms with Crippen molar-refractivity contribution in [2.45, 2.75) is 33.4 Å². The molecule has 0 aliphatic carbocycles. The van der Waals surface area contributed by atoms with E-state index < -0.39 is 0 Å². The Balaban J connectivity index is 2.27. The average molecular weight is 239 g/mol. The first-order valence-electron chi connectivity index (χ1n) is 5.12. The molecule has 0 bridgehead atoms. The third kappa shape index (κ3) is 2.04. The van der Waals surface area contributed by atoms with Crippen molar-refractivity contribution in [1.29, 1.82) is 0 Å². The Morgan fingerprint density at radius 3 is 2.94 bits per heavy atom. The van der Waals surface area contributed by atoms with Crippen molar-refractivity contribution in [3.05, 3.63) is 26.6 Å². The predicted octanol–water partition coefficient (Wildman–Crippen LogP) is 0.663. The van der Waals surface area contributed by atoms with E-state index in [1.807, 2.05) is 12.3 Å². The highest BCUT2D eigenvalue weighted by Crippen LogP contribution is 2.03. The van der Waals surface area contributed by atoms with E-state index in [0.29, 0.717) is 6.54 Å². The molecule has 2 rings (SSSR count). The van der Waals surface area contributed by atoms with E-state index in [9.17, 15) is 4.79 Å². The highest BCUT2D eigenvalue weighted by atomic mass is 32.1. The third-order valence-corrected chi connectivity index (χ3v) is 3.20. The molecule has 2 heterocycles. The lowest BCUT2D eigenvalue weighted by Gasteiger charge is -2.04. The molecule has 0 saturated carbocycles. The zero-order valence-electron chi connectivity index (χ0n) is 9.25. The molecule has 0 N–H and O–H groups in total. The van der Waals surface area contributed by atoms with E-state index in [1.165, 1.54) is 11.3 Å². The van der Waals surface area contributed by atoms with Crippen LogP contribution in [-0.4, -0.2) is 24.8 Å². The fourth-order valence-corrected chi connectivity index (χ4v) is 2.19. The van der Waals surface area contributed by atoms with Crippen LogP contribution in [0.25, 0.3) is 0 Å². The van der Waals surface area contributed by atoms with Crippen molar-refractivity contribution < 1.29 is 0 Å². The summed E-state index contributed by atoms with van der Waals surface area (Å²) in [5.74, 6) is 0.727. The highest BCUT2D eigenvalue weighted by Gasteiger charge is 2.09. The molecular formula is C9H13N5OS. The molecule has 0 aromatic carbocycles. The van der Waals surface area contributed by atoms with Crippen molar-refractivity contribution in [1.82, 2.24) is 24.8 Å². The minimum absolute atomic E-state index is 0.0311. The number of tetrazole rings is 1. The normalized spacial score (nSPS) is 10.9. The highest BCUT2D eigenvalue weighted by molar-refractivity contribution is 7.07. The van der Waals surface area contributed by atoms with Crippen molar-refractivity contribution in [2.24, 2.45) is 0 Å². The van der Waals surface area contributed by atoms with Gasteiger partial charge in [0.15, 0.2) is 5.82 Å². The fraction of sp³-hybridized carbons (Fsp3) is 0.556. The molecule has 0 atom stereocenters. The van der Waals surface area contributed by atoms with Crippen LogP contribution in [0.15, 0.2) is 10.2 Å². The second-order valence-electron chi connectivity index (χ2n) is 3.55. The van der Waals surface area contributed by atoms with Crippen molar-refractivity contribution >= 4 is 11.3 Å². The van der Waals surface area contributed by atoms with Crippen molar-refractivity contribution in [2.75, 3.05) is 0 Å². The first-order chi connectivity index (χ1) is 7.72. The largest absolute Gasteiger partial charge is 0.307 e. The number of hydrogen-bond acceptors (Lipinski definition) is 5. The molecular weight excluding hydrogens is 226 g/mol. The van der Waals surface area contributed by atoms with Crippen LogP contribution < -0.4 is 4.87 Å². The molecule has 6 nitrogen and oxygen atoms in total. The maximum absolute atomic E-state index is 11.5. The maximum atomic E-state index is 11.5. The Morgan fingerprint density at radius 1 is 1.50 bits per heavy atom. The zero-order valence-corrected chi connectivity index (χ0v) is 10.1. The van der Waals surface area contributed by atoms with Crippen LogP contribution in [0.2, 0.25) is 0 Å². The molecule has 0 amide bonds. The number of aryl methyl sites for hydroxylation is 2. The van der Waals surface area contributed by atoms with Crippen LogP contribution in [0.4, 0.5) is 0 Å². The first-order valence-corrected chi connectivity index (χ1v) is 6.00. The molecule has 0 radical (unpaired) electrons. The van der Waals surface area contributed by atoms with E-state index in [1.54, 1.807) is 9.25 Å². The lowest BCUT2D eigenvalue weighted by atomic mass is 10.4. The molecule has 2 aromatic rings. The molecule has 2 aromatic heterocycles. The molecule has 86 valence electrons. The number of rotatable bonds is 4. The van der Waals surface area contributed by atoms with Gasteiger partial charge in [-0.15, -0.1) is 5.10 Å². The van der Waals surface area contributed by atoms with Gasteiger partial charge in [0.1, 0.15) is 0 Å². The van der Waals surface area contributed by atoms with Crippen LogP contribution in [0.3, 0.4) is 0 Å². The summed E-state index contributed by atoms with van der Waals surface area (Å²) in [7, 11) is 0. The average Bonchev–Trinajstić information content (AvgIpc) is 2.81. The molecule has 0 spiro atoms. The second-order valence-corrected chi connectivity index (χ2v) is 4.37. The summed E-state index contributed by atoms with van der Waals surface area (Å²) in [5, 5.41) is 13.3. The molecule has 16 heavy (non-hydrogen) atoms. The predicted molar refractivity (Wildman–Crippen MR) is 60.5 cm³/mol. The van der Waals surface area contributed by atoms with E-state index in [-0.39, 0.29) is 4.87 Å². The standard InChI is InChI=1S/C9H13N5OS/c1-3-4-14-8(10-11-12-14)5-13-7(2)6-16-9(13)15/h6H,3-5H2,1-2H3. The van der Waals surface area contributed by atoms with Gasteiger partial charge in [-0.2, -0.15) is 0 Å². The van der Waals surface area contributed by atoms with Crippen LogP contribution >= 0.6 is 11.3 Å². The van der Waals surface area contributed by atoms with Crippen molar-refractivity contribution in [3.63, 3.8) is 0 Å². The summed E-state index contributed by atoms with van der Waals surface area (Å²) in [6, 6.07) is 0. The summed E-state index contributed by atoms with van der Waals surface area (Å²) in [5.41, 5.74) is 0.945. The summed E-state index contributed by atoms with van der Waals surface area (Å²) < 4.78 is 3.42. The smallest absolute Gasteiger partial charge is 0.296 e. The van der Waals surface area contributed by atoms with Gasteiger partial charge in [0.25, 0.3) is 0 Å². The molecule has 0 fully saturated rings. The number of thiazole rings is 1. The van der Waals surface area contributed by atoms with E-state index >= 15 is 0 Å². The van der Waals surface area contributed by atoms with Crippen LogP contribution in [-0.2, 0) is 13.1 Å². The second kappa shape index (κ2) is 4.56. The Bertz CT molecular complexity index is 526. The van der Waals surface area contributed by atoms with Crippen LogP contribution in [0, 0.1) is 6.92 Å². The van der Waals surface area contributed by atoms with Gasteiger partial charge in [-0.05, 0) is 23.8 Å². The van der Waals surface area contributed by atoms with Gasteiger partial charge < -0.3 is 0 Å². The number of nitrogens with zero attached hydrogens (tertiary/aromatic N) is 5. The molecule has 7 heteroatoms. The maximum Gasteiger partial charge on any atom is 0.307 e. The SMILES string of the molecule is CCCn1nnnc1Cn1c(C)csc1=O. The molecule has 0 aliphatic heterocycles.